The minimum Gasteiger partial charge on any atom is -0.476 e. The van der Waals surface area contributed by atoms with Gasteiger partial charge in [-0.05, 0) is 12.1 Å². The fourth-order valence-electron chi connectivity index (χ4n) is 1.87. The first-order chi connectivity index (χ1) is 12.1. The molecule has 0 aliphatic heterocycles. The van der Waals surface area contributed by atoms with Gasteiger partial charge < -0.3 is 10.1 Å². The van der Waals surface area contributed by atoms with E-state index in [-0.39, 0.29) is 19.0 Å². The van der Waals surface area contributed by atoms with Crippen LogP contribution in [0.1, 0.15) is 21.5 Å². The summed E-state index contributed by atoms with van der Waals surface area (Å²) in [6.45, 7) is -0.389. The maximum absolute atomic E-state index is 12.8. The first-order valence-corrected chi connectivity index (χ1v) is 7.04. The highest BCUT2D eigenvalue weighted by Crippen LogP contribution is 2.31. The summed E-state index contributed by atoms with van der Waals surface area (Å²) < 4.78 is 80.6. The molecule has 0 saturated heterocycles. The lowest BCUT2D eigenvalue weighted by molar-refractivity contribution is -0.138. The number of alkyl halides is 6. The predicted octanol–water partition coefficient (Wildman–Crippen LogP) is 3.32. The van der Waals surface area contributed by atoms with Gasteiger partial charge in [0.1, 0.15) is 6.61 Å². The van der Waals surface area contributed by atoms with Gasteiger partial charge in [0, 0.05) is 24.7 Å². The van der Waals surface area contributed by atoms with Crippen LogP contribution < -0.4 is 10.1 Å². The lowest BCUT2D eigenvalue weighted by atomic mass is 10.1. The van der Waals surface area contributed by atoms with E-state index in [1.165, 1.54) is 0 Å². The van der Waals surface area contributed by atoms with Crippen molar-refractivity contribution in [3.05, 3.63) is 53.5 Å². The van der Waals surface area contributed by atoms with E-state index in [4.69, 9.17) is 4.74 Å². The Kier molecular flexibility index (Phi) is 5.68. The molecule has 0 aliphatic rings. The fourth-order valence-corrected chi connectivity index (χ4v) is 1.87. The van der Waals surface area contributed by atoms with Crippen molar-refractivity contribution in [2.24, 2.45) is 0 Å². The molecule has 0 aromatic carbocycles. The van der Waals surface area contributed by atoms with E-state index in [9.17, 15) is 31.1 Å². The van der Waals surface area contributed by atoms with Crippen molar-refractivity contribution in [2.75, 3.05) is 13.2 Å². The van der Waals surface area contributed by atoms with Crippen LogP contribution in [-0.4, -0.2) is 29.0 Å². The van der Waals surface area contributed by atoms with Crippen LogP contribution in [0.5, 0.6) is 5.88 Å². The van der Waals surface area contributed by atoms with Crippen LogP contribution >= 0.6 is 0 Å². The highest BCUT2D eigenvalue weighted by molar-refractivity contribution is 5.95. The average molecular weight is 379 g/mol. The second kappa shape index (κ2) is 7.58. The molecule has 26 heavy (non-hydrogen) atoms. The first kappa shape index (κ1) is 19.5. The molecule has 0 unspecified atom stereocenters. The van der Waals surface area contributed by atoms with E-state index < -0.39 is 35.0 Å². The van der Waals surface area contributed by atoms with Crippen LogP contribution in [0.4, 0.5) is 26.3 Å². The summed E-state index contributed by atoms with van der Waals surface area (Å²) in [4.78, 5) is 18.8. The van der Waals surface area contributed by atoms with Gasteiger partial charge in [0.2, 0.25) is 5.88 Å². The van der Waals surface area contributed by atoms with Crippen molar-refractivity contribution >= 4 is 5.91 Å². The van der Waals surface area contributed by atoms with Crippen LogP contribution in [0.3, 0.4) is 0 Å². The Hall–Kier alpha value is -2.85. The number of carbonyl (C=O) groups excluding carboxylic acids is 1. The zero-order chi connectivity index (χ0) is 19.4. The lowest BCUT2D eigenvalue weighted by Gasteiger charge is -2.12. The molecule has 0 aliphatic carbocycles. The molecule has 0 saturated carbocycles. The maximum atomic E-state index is 12.8. The number of carbonyl (C=O) groups is 1. The summed E-state index contributed by atoms with van der Waals surface area (Å²) in [6.07, 6.45) is -6.95. The van der Waals surface area contributed by atoms with E-state index in [1.807, 2.05) is 0 Å². The van der Waals surface area contributed by atoms with E-state index in [0.29, 0.717) is 12.3 Å². The summed E-state index contributed by atoms with van der Waals surface area (Å²) in [5.74, 6) is -1.13. The molecule has 0 spiro atoms. The summed E-state index contributed by atoms with van der Waals surface area (Å²) in [7, 11) is 0. The van der Waals surface area contributed by atoms with Crippen molar-refractivity contribution in [2.45, 2.75) is 12.4 Å². The van der Waals surface area contributed by atoms with Crippen LogP contribution in [0.25, 0.3) is 0 Å². The third-order valence-corrected chi connectivity index (χ3v) is 3.07. The third-order valence-electron chi connectivity index (χ3n) is 3.07. The van der Waals surface area contributed by atoms with E-state index in [2.05, 4.69) is 15.3 Å². The molecule has 0 fully saturated rings. The van der Waals surface area contributed by atoms with Gasteiger partial charge in [0.05, 0.1) is 23.2 Å². The Balaban J connectivity index is 1.88. The number of aromatic nitrogens is 2. The molecule has 11 heteroatoms. The molecule has 2 rings (SSSR count). The number of ether oxygens (including phenoxy) is 1. The van der Waals surface area contributed by atoms with E-state index in [0.717, 1.165) is 24.5 Å². The van der Waals surface area contributed by atoms with Crippen LogP contribution in [0.15, 0.2) is 36.8 Å². The Morgan fingerprint density at radius 1 is 1.04 bits per heavy atom. The van der Waals surface area contributed by atoms with Crippen LogP contribution in [-0.2, 0) is 12.4 Å². The summed E-state index contributed by atoms with van der Waals surface area (Å²) >= 11 is 0. The minimum atomic E-state index is -4.71. The number of amides is 1. The van der Waals surface area contributed by atoms with Gasteiger partial charge in [-0.2, -0.15) is 26.3 Å². The van der Waals surface area contributed by atoms with Gasteiger partial charge in [0.25, 0.3) is 5.91 Å². The first-order valence-electron chi connectivity index (χ1n) is 7.04. The zero-order valence-corrected chi connectivity index (χ0v) is 12.9. The average Bonchev–Trinajstić information content (AvgIpc) is 2.57. The molecular weight excluding hydrogens is 368 g/mol. The van der Waals surface area contributed by atoms with Crippen LogP contribution in [0.2, 0.25) is 0 Å². The molecule has 1 amide bonds. The third kappa shape index (κ3) is 5.07. The quantitative estimate of drug-likeness (QED) is 0.640. The number of hydrogen-bond donors (Lipinski definition) is 1. The molecule has 2 heterocycles. The zero-order valence-electron chi connectivity index (χ0n) is 12.9. The van der Waals surface area contributed by atoms with Gasteiger partial charge in [0.15, 0.2) is 0 Å². The van der Waals surface area contributed by atoms with E-state index >= 15 is 0 Å². The molecule has 0 bridgehead atoms. The SMILES string of the molecule is O=C(NCCOc1ccc(C(F)(F)F)cn1)c1cnccc1C(F)(F)F. The van der Waals surface area contributed by atoms with Crippen molar-refractivity contribution in [1.29, 1.82) is 0 Å². The standard InChI is InChI=1S/C15H11F6N3O2/c16-14(17,18)9-1-2-12(24-7-9)26-6-5-23-13(25)10-8-22-4-3-11(10)15(19,20)21/h1-4,7-8H,5-6H2,(H,23,25). The molecule has 1 N–H and O–H groups in total. The maximum Gasteiger partial charge on any atom is 0.417 e. The molecule has 140 valence electrons. The fraction of sp³-hybridized carbons (Fsp3) is 0.267. The van der Waals surface area contributed by atoms with Gasteiger partial charge >= 0.3 is 12.4 Å². The van der Waals surface area contributed by atoms with E-state index in [1.54, 1.807) is 0 Å². The largest absolute Gasteiger partial charge is 0.476 e. The number of hydrogen-bond acceptors (Lipinski definition) is 4. The second-order valence-corrected chi connectivity index (χ2v) is 4.91. The Labute approximate surface area is 143 Å². The lowest BCUT2D eigenvalue weighted by Crippen LogP contribution is -2.30. The Morgan fingerprint density at radius 3 is 2.35 bits per heavy atom. The number of rotatable bonds is 5. The molecular formula is C15H11F6N3O2. The number of nitrogens with zero attached hydrogens (tertiary/aromatic N) is 2. The molecule has 0 radical (unpaired) electrons. The van der Waals surface area contributed by atoms with Crippen molar-refractivity contribution < 1.29 is 35.9 Å². The molecule has 2 aromatic rings. The summed E-state index contributed by atoms with van der Waals surface area (Å²) in [6, 6.07) is 2.44. The summed E-state index contributed by atoms with van der Waals surface area (Å²) in [5, 5.41) is 2.21. The highest BCUT2D eigenvalue weighted by atomic mass is 19.4. The molecule has 2 aromatic heterocycles. The second-order valence-electron chi connectivity index (χ2n) is 4.91. The number of pyridine rings is 2. The Bertz CT molecular complexity index is 759. The Morgan fingerprint density at radius 2 is 1.77 bits per heavy atom. The number of nitrogens with one attached hydrogen (secondary N) is 1. The number of halogens is 6. The minimum absolute atomic E-state index is 0.121. The van der Waals surface area contributed by atoms with Gasteiger partial charge in [-0.25, -0.2) is 4.98 Å². The topological polar surface area (TPSA) is 64.1 Å². The van der Waals surface area contributed by atoms with Crippen molar-refractivity contribution in [3.8, 4) is 5.88 Å². The smallest absolute Gasteiger partial charge is 0.417 e. The monoisotopic (exact) mass is 379 g/mol. The molecule has 5 nitrogen and oxygen atoms in total. The van der Waals surface area contributed by atoms with Gasteiger partial charge in [-0.3, -0.25) is 9.78 Å². The molecule has 0 atom stereocenters. The normalized spacial score (nSPS) is 11.9. The van der Waals surface area contributed by atoms with Gasteiger partial charge in [-0.1, -0.05) is 0 Å². The predicted molar refractivity (Wildman–Crippen MR) is 76.3 cm³/mol. The highest BCUT2D eigenvalue weighted by Gasteiger charge is 2.35. The van der Waals surface area contributed by atoms with Crippen LogP contribution in [0, 0.1) is 0 Å². The van der Waals surface area contributed by atoms with Crippen molar-refractivity contribution in [3.63, 3.8) is 0 Å². The van der Waals surface area contributed by atoms with Crippen molar-refractivity contribution in [1.82, 2.24) is 15.3 Å². The summed E-state index contributed by atoms with van der Waals surface area (Å²) in [5.41, 5.74) is -2.72. The van der Waals surface area contributed by atoms with Gasteiger partial charge in [-0.15, -0.1) is 0 Å².